The van der Waals surface area contributed by atoms with Crippen LogP contribution in [0.25, 0.3) is 6.08 Å². The van der Waals surface area contributed by atoms with Crippen LogP contribution in [0.5, 0.6) is 5.75 Å². The van der Waals surface area contributed by atoms with E-state index in [1.54, 1.807) is 24.3 Å². The zero-order chi connectivity index (χ0) is 24.7. The number of nitrogens with one attached hydrogen (secondary N) is 1. The molecule has 35 heavy (non-hydrogen) atoms. The number of methoxy groups -OCH3 is 1. The van der Waals surface area contributed by atoms with Crippen molar-refractivity contribution < 1.29 is 22.7 Å². The van der Waals surface area contributed by atoms with Crippen LogP contribution in [0.2, 0.25) is 0 Å². The minimum absolute atomic E-state index is 0.0796. The number of anilines is 2. The Morgan fingerprint density at radius 3 is 2.43 bits per heavy atom. The lowest BCUT2D eigenvalue weighted by atomic mass is 10.2. The molecule has 0 unspecified atom stereocenters. The Kier molecular flexibility index (Phi) is 8.43. The average molecular weight is 500 g/mol. The van der Waals surface area contributed by atoms with E-state index in [4.69, 9.17) is 9.47 Å². The topological polar surface area (TPSA) is 88.2 Å². The molecule has 4 rings (SSSR count). The van der Waals surface area contributed by atoms with Gasteiger partial charge in [-0.1, -0.05) is 31.0 Å². The van der Waals surface area contributed by atoms with Crippen molar-refractivity contribution in [3.63, 3.8) is 0 Å². The van der Waals surface area contributed by atoms with Gasteiger partial charge in [0.1, 0.15) is 10.6 Å². The van der Waals surface area contributed by atoms with Gasteiger partial charge in [0.25, 0.3) is 0 Å². The lowest BCUT2D eigenvalue weighted by Gasteiger charge is -2.26. The van der Waals surface area contributed by atoms with Crippen molar-refractivity contribution in [1.82, 2.24) is 4.31 Å². The average Bonchev–Trinajstić information content (AvgIpc) is 3.18. The molecule has 1 amide bonds. The number of ether oxygens (including phenoxy) is 2. The van der Waals surface area contributed by atoms with Gasteiger partial charge in [0.05, 0.1) is 31.7 Å². The summed E-state index contributed by atoms with van der Waals surface area (Å²) in [5, 5.41) is 2.99. The summed E-state index contributed by atoms with van der Waals surface area (Å²) < 4.78 is 38.4. The van der Waals surface area contributed by atoms with Crippen LogP contribution in [0.4, 0.5) is 11.4 Å². The monoisotopic (exact) mass is 499 g/mol. The van der Waals surface area contributed by atoms with E-state index >= 15 is 0 Å². The smallest absolute Gasteiger partial charge is 0.248 e. The highest BCUT2D eigenvalue weighted by molar-refractivity contribution is 7.89. The quantitative estimate of drug-likeness (QED) is 0.584. The maximum absolute atomic E-state index is 13.2. The van der Waals surface area contributed by atoms with E-state index in [0.717, 1.165) is 37.3 Å². The molecule has 188 valence electrons. The van der Waals surface area contributed by atoms with Crippen LogP contribution >= 0.6 is 0 Å². The molecule has 8 nitrogen and oxygen atoms in total. The van der Waals surface area contributed by atoms with E-state index in [-0.39, 0.29) is 16.6 Å². The van der Waals surface area contributed by atoms with E-state index in [0.29, 0.717) is 31.9 Å². The molecule has 0 atom stereocenters. The van der Waals surface area contributed by atoms with Gasteiger partial charge in [-0.25, -0.2) is 8.42 Å². The highest BCUT2D eigenvalue weighted by atomic mass is 32.2. The summed E-state index contributed by atoms with van der Waals surface area (Å²) in [7, 11) is -2.30. The summed E-state index contributed by atoms with van der Waals surface area (Å²) in [5.41, 5.74) is 2.39. The third-order valence-electron chi connectivity index (χ3n) is 6.31. The number of carbonyl (C=O) groups excluding carboxylic acids is 1. The number of hydrogen-bond donors (Lipinski definition) is 1. The third kappa shape index (κ3) is 6.22. The molecular weight excluding hydrogens is 466 g/mol. The number of para-hydroxylation sites is 2. The fraction of sp³-hybridized carbons (Fsp3) is 0.423. The first-order valence-corrected chi connectivity index (χ1v) is 13.5. The van der Waals surface area contributed by atoms with Gasteiger partial charge in [-0.15, -0.1) is 0 Å². The highest BCUT2D eigenvalue weighted by Gasteiger charge is 2.29. The Morgan fingerprint density at radius 1 is 1.00 bits per heavy atom. The number of morpholine rings is 1. The number of nitrogens with zero attached hydrogens (tertiary/aromatic N) is 2. The molecule has 0 aromatic heterocycles. The number of hydrogen-bond acceptors (Lipinski definition) is 6. The summed E-state index contributed by atoms with van der Waals surface area (Å²) >= 11 is 0. The Balaban J connectivity index is 1.51. The minimum Gasteiger partial charge on any atom is -0.495 e. The van der Waals surface area contributed by atoms with Gasteiger partial charge in [-0.05, 0) is 48.7 Å². The van der Waals surface area contributed by atoms with Crippen molar-refractivity contribution in [1.29, 1.82) is 0 Å². The first kappa shape index (κ1) is 25.2. The van der Waals surface area contributed by atoms with Crippen LogP contribution in [-0.4, -0.2) is 65.1 Å². The molecule has 0 bridgehead atoms. The van der Waals surface area contributed by atoms with Gasteiger partial charge in [-0.2, -0.15) is 4.31 Å². The van der Waals surface area contributed by atoms with Crippen molar-refractivity contribution in [3.8, 4) is 5.75 Å². The van der Waals surface area contributed by atoms with Crippen LogP contribution in [0.1, 0.15) is 31.2 Å². The van der Waals surface area contributed by atoms with E-state index in [1.807, 2.05) is 24.3 Å². The molecule has 2 aliphatic rings. The van der Waals surface area contributed by atoms with Crippen molar-refractivity contribution in [2.24, 2.45) is 0 Å². The molecule has 2 fully saturated rings. The largest absolute Gasteiger partial charge is 0.495 e. The fourth-order valence-corrected chi connectivity index (χ4v) is 6.04. The lowest BCUT2D eigenvalue weighted by Crippen LogP contribution is -2.40. The molecule has 2 heterocycles. The Bertz CT molecular complexity index is 1150. The lowest BCUT2D eigenvalue weighted by molar-refractivity contribution is -0.111. The highest BCUT2D eigenvalue weighted by Crippen LogP contribution is 2.30. The summed E-state index contributed by atoms with van der Waals surface area (Å²) in [6.45, 7) is 3.28. The van der Waals surface area contributed by atoms with Crippen LogP contribution in [0.3, 0.4) is 0 Å². The van der Waals surface area contributed by atoms with Crippen molar-refractivity contribution in [2.45, 2.75) is 30.6 Å². The van der Waals surface area contributed by atoms with Gasteiger partial charge in [0, 0.05) is 32.3 Å². The van der Waals surface area contributed by atoms with Crippen LogP contribution < -0.4 is 15.0 Å². The number of benzene rings is 2. The van der Waals surface area contributed by atoms with Crippen LogP contribution in [0.15, 0.2) is 53.4 Å². The maximum Gasteiger partial charge on any atom is 0.248 e. The van der Waals surface area contributed by atoms with Crippen LogP contribution in [0, 0.1) is 0 Å². The number of rotatable bonds is 7. The second kappa shape index (κ2) is 11.7. The zero-order valence-corrected chi connectivity index (χ0v) is 20.9. The second-order valence-corrected chi connectivity index (χ2v) is 10.6. The second-order valence-electron chi connectivity index (χ2n) is 8.67. The molecule has 2 saturated heterocycles. The maximum atomic E-state index is 13.2. The fourth-order valence-electron chi connectivity index (χ4n) is 4.44. The normalized spacial score (nSPS) is 17.8. The molecule has 0 saturated carbocycles. The summed E-state index contributed by atoms with van der Waals surface area (Å²) in [6.07, 6.45) is 7.80. The molecule has 0 radical (unpaired) electrons. The molecule has 2 aromatic rings. The molecule has 1 N–H and O–H groups in total. The van der Waals surface area contributed by atoms with Crippen molar-refractivity contribution >= 4 is 33.4 Å². The number of sulfonamides is 1. The molecule has 9 heteroatoms. The van der Waals surface area contributed by atoms with Crippen molar-refractivity contribution in [2.75, 3.05) is 56.7 Å². The molecule has 2 aliphatic heterocycles. The van der Waals surface area contributed by atoms with Gasteiger partial charge in [-0.3, -0.25) is 4.79 Å². The summed E-state index contributed by atoms with van der Waals surface area (Å²) in [6, 6.07) is 12.7. The van der Waals surface area contributed by atoms with E-state index in [1.165, 1.54) is 30.3 Å². The SMILES string of the molecule is COc1ccc(/C=C/C(=O)Nc2ccccc2N2CCCCCC2)cc1S(=O)(=O)N1CCOCC1. The van der Waals surface area contributed by atoms with Crippen molar-refractivity contribution in [3.05, 3.63) is 54.1 Å². The molecule has 0 spiro atoms. The summed E-state index contributed by atoms with van der Waals surface area (Å²) in [5.74, 6) is -0.00912. The summed E-state index contributed by atoms with van der Waals surface area (Å²) in [4.78, 5) is 15.2. The standard InChI is InChI=1S/C26H33N3O5S/c1-33-24-12-10-21(20-25(24)35(31,32)29-16-18-34-19-17-29)11-13-26(30)27-22-8-4-5-9-23(22)28-14-6-2-3-7-15-28/h4-5,8-13,20H,2-3,6-7,14-19H2,1H3,(H,27,30)/b13-11+. The Morgan fingerprint density at radius 2 is 1.71 bits per heavy atom. The molecular formula is C26H33N3O5S. The van der Waals surface area contributed by atoms with E-state index < -0.39 is 10.0 Å². The number of carbonyl (C=O) groups is 1. The molecule has 0 aliphatic carbocycles. The van der Waals surface area contributed by atoms with Gasteiger partial charge < -0.3 is 19.7 Å². The predicted molar refractivity (Wildman–Crippen MR) is 137 cm³/mol. The Hall–Kier alpha value is -2.88. The minimum atomic E-state index is -3.75. The first-order valence-electron chi connectivity index (χ1n) is 12.1. The van der Waals surface area contributed by atoms with Gasteiger partial charge in [0.15, 0.2) is 0 Å². The Labute approximate surface area is 207 Å². The molecule has 2 aromatic carbocycles. The van der Waals surface area contributed by atoms with E-state index in [2.05, 4.69) is 10.2 Å². The van der Waals surface area contributed by atoms with E-state index in [9.17, 15) is 13.2 Å². The van der Waals surface area contributed by atoms with Gasteiger partial charge in [0.2, 0.25) is 15.9 Å². The number of amides is 1. The third-order valence-corrected chi connectivity index (χ3v) is 8.23. The predicted octanol–water partition coefficient (Wildman–Crippen LogP) is 3.75. The van der Waals surface area contributed by atoms with Crippen LogP contribution in [-0.2, 0) is 19.6 Å². The first-order chi connectivity index (χ1) is 17.0. The zero-order valence-electron chi connectivity index (χ0n) is 20.1. The van der Waals surface area contributed by atoms with Gasteiger partial charge >= 0.3 is 0 Å².